The highest BCUT2D eigenvalue weighted by molar-refractivity contribution is 5.73. The van der Waals surface area contributed by atoms with Crippen molar-refractivity contribution in [1.29, 1.82) is 0 Å². The number of nitrogens with zero attached hydrogens (tertiary/aromatic N) is 4. The van der Waals surface area contributed by atoms with Gasteiger partial charge in [0.2, 0.25) is 5.91 Å². The lowest BCUT2D eigenvalue weighted by molar-refractivity contribution is -0.127. The van der Waals surface area contributed by atoms with Crippen LogP contribution in [0.3, 0.4) is 0 Å². The molecule has 0 saturated carbocycles. The minimum atomic E-state index is 0.182. The third-order valence-corrected chi connectivity index (χ3v) is 3.89. The largest absolute Gasteiger partial charge is 0.359 e. The predicted octanol–water partition coefficient (Wildman–Crippen LogP) is 1.65. The minimum Gasteiger partial charge on any atom is -0.359 e. The maximum absolute atomic E-state index is 11.4. The van der Waals surface area contributed by atoms with E-state index in [-0.39, 0.29) is 5.91 Å². The molecule has 0 aliphatic carbocycles. The summed E-state index contributed by atoms with van der Waals surface area (Å²) in [5.74, 6) is 2.52. The molecule has 0 N–H and O–H groups in total. The molecule has 0 aromatic carbocycles. The van der Waals surface area contributed by atoms with E-state index in [0.717, 1.165) is 49.8 Å². The molecule has 1 saturated heterocycles. The number of carbonyl (C=O) groups is 1. The van der Waals surface area contributed by atoms with Gasteiger partial charge in [-0.15, -0.1) is 0 Å². The molecule has 1 aromatic heterocycles. The Hall–Kier alpha value is -1.65. The van der Waals surface area contributed by atoms with Gasteiger partial charge in [0.25, 0.3) is 0 Å². The van der Waals surface area contributed by atoms with Crippen LogP contribution in [0.15, 0.2) is 6.07 Å². The average molecular weight is 276 g/mol. The van der Waals surface area contributed by atoms with Gasteiger partial charge in [0, 0.05) is 45.4 Å². The van der Waals surface area contributed by atoms with Crippen molar-refractivity contribution < 1.29 is 4.79 Å². The van der Waals surface area contributed by atoms with Crippen LogP contribution >= 0.6 is 0 Å². The van der Waals surface area contributed by atoms with E-state index in [1.165, 1.54) is 0 Å². The number of aryl methyl sites for hydroxylation is 2. The number of amides is 1. The zero-order valence-electron chi connectivity index (χ0n) is 12.9. The Kier molecular flexibility index (Phi) is 4.57. The third kappa shape index (κ3) is 3.46. The molecular weight excluding hydrogens is 252 g/mol. The Morgan fingerprint density at radius 2 is 2.25 bits per heavy atom. The number of hydrogen-bond donors (Lipinski definition) is 0. The fourth-order valence-electron chi connectivity index (χ4n) is 2.74. The van der Waals surface area contributed by atoms with Crippen LogP contribution in [0.4, 0.5) is 5.82 Å². The third-order valence-electron chi connectivity index (χ3n) is 3.89. The van der Waals surface area contributed by atoms with Gasteiger partial charge in [-0.05, 0) is 25.7 Å². The molecule has 5 heteroatoms. The van der Waals surface area contributed by atoms with Gasteiger partial charge in [-0.3, -0.25) is 4.79 Å². The van der Waals surface area contributed by atoms with Gasteiger partial charge in [0.05, 0.1) is 0 Å². The lowest BCUT2D eigenvalue weighted by Gasteiger charge is -2.23. The van der Waals surface area contributed by atoms with Crippen molar-refractivity contribution in [3.63, 3.8) is 0 Å². The number of rotatable bonds is 4. The molecule has 1 aliphatic heterocycles. The van der Waals surface area contributed by atoms with Gasteiger partial charge in [-0.2, -0.15) is 0 Å². The van der Waals surface area contributed by atoms with E-state index in [0.29, 0.717) is 5.92 Å². The van der Waals surface area contributed by atoms with E-state index in [4.69, 9.17) is 0 Å². The summed E-state index contributed by atoms with van der Waals surface area (Å²) in [7, 11) is 2.07. The number of likely N-dealkylation sites (tertiary alicyclic amines) is 1. The average Bonchev–Trinajstić information content (AvgIpc) is 2.86. The maximum Gasteiger partial charge on any atom is 0.219 e. The van der Waals surface area contributed by atoms with Gasteiger partial charge in [-0.1, -0.05) is 6.92 Å². The van der Waals surface area contributed by atoms with Crippen LogP contribution in [-0.4, -0.2) is 47.5 Å². The fraction of sp³-hybridized carbons (Fsp3) is 0.667. The molecule has 1 unspecified atom stereocenters. The van der Waals surface area contributed by atoms with Crippen LogP contribution in [0.1, 0.15) is 31.8 Å². The summed E-state index contributed by atoms with van der Waals surface area (Å²) in [5, 5.41) is 0. The predicted molar refractivity (Wildman–Crippen MR) is 79.8 cm³/mol. The summed E-state index contributed by atoms with van der Waals surface area (Å²) < 4.78 is 0. The molecule has 110 valence electrons. The van der Waals surface area contributed by atoms with Crippen molar-refractivity contribution in [3.05, 3.63) is 17.6 Å². The van der Waals surface area contributed by atoms with Gasteiger partial charge >= 0.3 is 0 Å². The maximum atomic E-state index is 11.4. The molecule has 0 spiro atoms. The SMILES string of the molecule is CCc1cc(N(C)CC2CCN(C(C)=O)C2)nc(C)n1. The lowest BCUT2D eigenvalue weighted by Crippen LogP contribution is -2.30. The molecule has 2 rings (SSSR count). The lowest BCUT2D eigenvalue weighted by atomic mass is 10.1. The van der Waals surface area contributed by atoms with Crippen molar-refractivity contribution in [2.45, 2.75) is 33.6 Å². The van der Waals surface area contributed by atoms with Crippen LogP contribution in [0.25, 0.3) is 0 Å². The van der Waals surface area contributed by atoms with Crippen LogP contribution in [-0.2, 0) is 11.2 Å². The Bertz CT molecular complexity index is 489. The van der Waals surface area contributed by atoms with Crippen LogP contribution < -0.4 is 4.90 Å². The molecule has 20 heavy (non-hydrogen) atoms. The smallest absolute Gasteiger partial charge is 0.219 e. The highest BCUT2D eigenvalue weighted by Gasteiger charge is 2.25. The first-order chi connectivity index (χ1) is 9.49. The summed E-state index contributed by atoms with van der Waals surface area (Å²) in [6, 6.07) is 2.06. The summed E-state index contributed by atoms with van der Waals surface area (Å²) in [6.07, 6.45) is 2.00. The number of aromatic nitrogens is 2. The molecule has 2 heterocycles. The van der Waals surface area contributed by atoms with Crippen LogP contribution in [0, 0.1) is 12.8 Å². The monoisotopic (exact) mass is 276 g/mol. The van der Waals surface area contributed by atoms with Crippen LogP contribution in [0.2, 0.25) is 0 Å². The van der Waals surface area contributed by atoms with Crippen molar-refractivity contribution in [1.82, 2.24) is 14.9 Å². The summed E-state index contributed by atoms with van der Waals surface area (Å²) in [6.45, 7) is 8.37. The van der Waals surface area contributed by atoms with Gasteiger partial charge < -0.3 is 9.80 Å². The van der Waals surface area contributed by atoms with Gasteiger partial charge in [-0.25, -0.2) is 9.97 Å². The van der Waals surface area contributed by atoms with Crippen molar-refractivity contribution in [2.75, 3.05) is 31.6 Å². The molecule has 1 atom stereocenters. The summed E-state index contributed by atoms with van der Waals surface area (Å²) in [5.41, 5.74) is 1.08. The molecule has 5 nitrogen and oxygen atoms in total. The number of hydrogen-bond acceptors (Lipinski definition) is 4. The molecule has 0 bridgehead atoms. The quantitative estimate of drug-likeness (QED) is 0.839. The van der Waals surface area contributed by atoms with Crippen LogP contribution in [0.5, 0.6) is 0 Å². The van der Waals surface area contributed by atoms with E-state index in [1.807, 2.05) is 11.8 Å². The second kappa shape index (κ2) is 6.20. The molecular formula is C15H24N4O. The molecule has 1 aromatic rings. The zero-order valence-corrected chi connectivity index (χ0v) is 12.9. The molecule has 0 radical (unpaired) electrons. The molecule has 1 amide bonds. The highest BCUT2D eigenvalue weighted by Crippen LogP contribution is 2.20. The van der Waals surface area contributed by atoms with E-state index >= 15 is 0 Å². The van der Waals surface area contributed by atoms with Gasteiger partial charge in [0.1, 0.15) is 11.6 Å². The Morgan fingerprint density at radius 3 is 2.85 bits per heavy atom. The van der Waals surface area contributed by atoms with E-state index in [9.17, 15) is 4.79 Å². The Labute approximate surface area is 121 Å². The second-order valence-electron chi connectivity index (χ2n) is 5.62. The fourth-order valence-corrected chi connectivity index (χ4v) is 2.74. The minimum absolute atomic E-state index is 0.182. The standard InChI is InChI=1S/C15H24N4O/c1-5-14-8-15(17-11(2)16-14)18(4)9-13-6-7-19(10-13)12(3)20/h8,13H,5-7,9-10H2,1-4H3. The van der Waals surface area contributed by atoms with E-state index in [1.54, 1.807) is 6.92 Å². The van der Waals surface area contributed by atoms with Crippen molar-refractivity contribution in [2.24, 2.45) is 5.92 Å². The first kappa shape index (κ1) is 14.8. The molecule has 1 aliphatic rings. The Balaban J connectivity index is 2.00. The summed E-state index contributed by atoms with van der Waals surface area (Å²) in [4.78, 5) is 24.4. The topological polar surface area (TPSA) is 49.3 Å². The summed E-state index contributed by atoms with van der Waals surface area (Å²) >= 11 is 0. The van der Waals surface area contributed by atoms with E-state index < -0.39 is 0 Å². The highest BCUT2D eigenvalue weighted by atomic mass is 16.2. The second-order valence-corrected chi connectivity index (χ2v) is 5.62. The van der Waals surface area contributed by atoms with Crippen molar-refractivity contribution in [3.8, 4) is 0 Å². The first-order valence-electron chi connectivity index (χ1n) is 7.30. The zero-order chi connectivity index (χ0) is 14.7. The number of anilines is 1. The number of carbonyl (C=O) groups excluding carboxylic acids is 1. The van der Waals surface area contributed by atoms with Gasteiger partial charge in [0.15, 0.2) is 0 Å². The van der Waals surface area contributed by atoms with E-state index in [2.05, 4.69) is 34.9 Å². The molecule has 1 fully saturated rings. The first-order valence-corrected chi connectivity index (χ1v) is 7.30. The Morgan fingerprint density at radius 1 is 1.50 bits per heavy atom. The normalized spacial score (nSPS) is 18.4. The van der Waals surface area contributed by atoms with Crippen molar-refractivity contribution >= 4 is 11.7 Å².